The number of amides is 1. The van der Waals surface area contributed by atoms with Gasteiger partial charge in [-0.2, -0.15) is 4.98 Å². The van der Waals surface area contributed by atoms with E-state index in [4.69, 9.17) is 4.52 Å². The van der Waals surface area contributed by atoms with Gasteiger partial charge in [-0.1, -0.05) is 28.9 Å². The molecule has 1 aromatic heterocycles. The normalized spacial score (nSPS) is 18.4. The number of aromatic nitrogens is 2. The van der Waals surface area contributed by atoms with Gasteiger partial charge in [0, 0.05) is 25.7 Å². The summed E-state index contributed by atoms with van der Waals surface area (Å²) in [6, 6.07) is 7.78. The highest BCUT2D eigenvalue weighted by atomic mass is 32.2. The number of hydrogen-bond acceptors (Lipinski definition) is 6. The minimum absolute atomic E-state index is 0.112. The Labute approximate surface area is 159 Å². The molecular formula is C18H24N4O4S. The summed E-state index contributed by atoms with van der Waals surface area (Å²) in [6.45, 7) is 2.87. The summed E-state index contributed by atoms with van der Waals surface area (Å²) < 4.78 is 30.1. The van der Waals surface area contributed by atoms with Crippen molar-refractivity contribution in [2.75, 3.05) is 26.4 Å². The summed E-state index contributed by atoms with van der Waals surface area (Å²) in [4.78, 5) is 18.6. The number of benzene rings is 1. The third kappa shape index (κ3) is 4.72. The average Bonchev–Trinajstić information content (AvgIpc) is 3.09. The fourth-order valence-corrected chi connectivity index (χ4v) is 4.17. The van der Waals surface area contributed by atoms with Crippen LogP contribution < -0.4 is 0 Å². The highest BCUT2D eigenvalue weighted by molar-refractivity contribution is 7.88. The van der Waals surface area contributed by atoms with Crippen LogP contribution in [0, 0.1) is 12.8 Å². The number of sulfonamides is 1. The van der Waals surface area contributed by atoms with Crippen molar-refractivity contribution in [2.45, 2.75) is 26.3 Å². The van der Waals surface area contributed by atoms with Crippen LogP contribution >= 0.6 is 0 Å². The number of nitrogens with zero attached hydrogens (tertiary/aromatic N) is 4. The molecule has 2 aromatic rings. The van der Waals surface area contributed by atoms with Crippen LogP contribution in [0.15, 0.2) is 28.8 Å². The van der Waals surface area contributed by atoms with Crippen molar-refractivity contribution in [2.24, 2.45) is 5.92 Å². The van der Waals surface area contributed by atoms with Crippen LogP contribution in [-0.2, 0) is 21.4 Å². The summed E-state index contributed by atoms with van der Waals surface area (Å²) in [5, 5.41) is 3.99. The maximum Gasteiger partial charge on any atom is 0.246 e. The van der Waals surface area contributed by atoms with E-state index in [0.29, 0.717) is 31.1 Å². The molecule has 1 atom stereocenters. The van der Waals surface area contributed by atoms with Gasteiger partial charge in [0.05, 0.1) is 18.7 Å². The molecular weight excluding hydrogens is 368 g/mol. The van der Waals surface area contributed by atoms with E-state index < -0.39 is 10.0 Å². The van der Waals surface area contributed by atoms with Crippen LogP contribution in [0.2, 0.25) is 0 Å². The number of aryl methyl sites for hydroxylation is 1. The Balaban J connectivity index is 1.65. The van der Waals surface area contributed by atoms with Gasteiger partial charge in [-0.05, 0) is 25.8 Å². The van der Waals surface area contributed by atoms with E-state index in [1.807, 2.05) is 31.2 Å². The SMILES string of the molecule is Cc1cccc(-c2noc(CN(C)C(=O)[C@H]3CCCN(S(C)(=O)=O)C3)n2)c1. The lowest BCUT2D eigenvalue weighted by molar-refractivity contribution is -0.136. The first-order valence-corrected chi connectivity index (χ1v) is 10.7. The Morgan fingerprint density at radius 3 is 2.89 bits per heavy atom. The Morgan fingerprint density at radius 1 is 1.41 bits per heavy atom. The molecule has 1 saturated heterocycles. The monoisotopic (exact) mass is 392 g/mol. The maximum atomic E-state index is 12.7. The first-order chi connectivity index (χ1) is 12.7. The Kier molecular flexibility index (Phi) is 5.61. The molecule has 0 radical (unpaired) electrons. The number of carbonyl (C=O) groups excluding carboxylic acids is 1. The van der Waals surface area contributed by atoms with Crippen molar-refractivity contribution >= 4 is 15.9 Å². The van der Waals surface area contributed by atoms with Gasteiger partial charge in [-0.25, -0.2) is 12.7 Å². The highest BCUT2D eigenvalue weighted by Gasteiger charge is 2.32. The predicted octanol–water partition coefficient (Wildman–Crippen LogP) is 1.68. The molecule has 1 aliphatic heterocycles. The van der Waals surface area contributed by atoms with Gasteiger partial charge in [-0.15, -0.1) is 0 Å². The molecule has 146 valence electrons. The average molecular weight is 392 g/mol. The lowest BCUT2D eigenvalue weighted by Crippen LogP contribution is -2.45. The minimum Gasteiger partial charge on any atom is -0.337 e. The van der Waals surface area contributed by atoms with Gasteiger partial charge in [-0.3, -0.25) is 4.79 Å². The standard InChI is InChI=1S/C18H24N4O4S/c1-13-6-4-7-14(10-13)17-19-16(26-20-17)12-21(2)18(23)15-8-5-9-22(11-15)27(3,24)25/h4,6-7,10,15H,5,8-9,11-12H2,1-3H3/t15-/m0/s1. The van der Waals surface area contributed by atoms with E-state index >= 15 is 0 Å². The van der Waals surface area contributed by atoms with Gasteiger partial charge in [0.2, 0.25) is 27.6 Å². The summed E-state index contributed by atoms with van der Waals surface area (Å²) in [6.07, 6.45) is 2.53. The summed E-state index contributed by atoms with van der Waals surface area (Å²) in [7, 11) is -1.62. The molecule has 0 bridgehead atoms. The number of piperidine rings is 1. The Hall–Kier alpha value is -2.26. The quantitative estimate of drug-likeness (QED) is 0.768. The third-order valence-corrected chi connectivity index (χ3v) is 5.97. The van der Waals surface area contributed by atoms with E-state index in [0.717, 1.165) is 11.1 Å². The van der Waals surface area contributed by atoms with E-state index in [1.54, 1.807) is 7.05 Å². The van der Waals surface area contributed by atoms with Crippen molar-refractivity contribution in [3.05, 3.63) is 35.7 Å². The predicted molar refractivity (Wildman–Crippen MR) is 100 cm³/mol. The molecule has 0 N–H and O–H groups in total. The van der Waals surface area contributed by atoms with E-state index in [2.05, 4.69) is 10.1 Å². The Bertz CT molecular complexity index is 925. The van der Waals surface area contributed by atoms with Gasteiger partial charge >= 0.3 is 0 Å². The van der Waals surface area contributed by atoms with E-state index in [9.17, 15) is 13.2 Å². The first-order valence-electron chi connectivity index (χ1n) is 8.84. The molecule has 1 fully saturated rings. The van der Waals surface area contributed by atoms with Crippen molar-refractivity contribution < 1.29 is 17.7 Å². The molecule has 0 spiro atoms. The zero-order valence-corrected chi connectivity index (χ0v) is 16.6. The summed E-state index contributed by atoms with van der Waals surface area (Å²) in [5.74, 6) is 0.366. The topological polar surface area (TPSA) is 96.6 Å². The second kappa shape index (κ2) is 7.77. The van der Waals surface area contributed by atoms with Gasteiger partial charge in [0.25, 0.3) is 0 Å². The molecule has 1 amide bonds. The van der Waals surface area contributed by atoms with Crippen LogP contribution in [0.3, 0.4) is 0 Å². The lowest BCUT2D eigenvalue weighted by Gasteiger charge is -2.32. The second-order valence-corrected chi connectivity index (χ2v) is 9.02. The van der Waals surface area contributed by atoms with Gasteiger partial charge < -0.3 is 9.42 Å². The Morgan fingerprint density at radius 2 is 2.19 bits per heavy atom. The molecule has 0 unspecified atom stereocenters. The molecule has 0 aliphatic carbocycles. The van der Waals surface area contributed by atoms with Crippen LogP contribution in [0.4, 0.5) is 0 Å². The molecule has 2 heterocycles. The van der Waals surface area contributed by atoms with Crippen molar-refractivity contribution in [1.82, 2.24) is 19.3 Å². The van der Waals surface area contributed by atoms with E-state index in [-0.39, 0.29) is 24.9 Å². The minimum atomic E-state index is -3.29. The molecule has 8 nitrogen and oxygen atoms in total. The van der Waals surface area contributed by atoms with Crippen LogP contribution in [-0.4, -0.2) is 60.1 Å². The maximum absolute atomic E-state index is 12.7. The van der Waals surface area contributed by atoms with Crippen molar-refractivity contribution in [1.29, 1.82) is 0 Å². The van der Waals surface area contributed by atoms with Crippen molar-refractivity contribution in [3.8, 4) is 11.4 Å². The van der Waals surface area contributed by atoms with Crippen molar-refractivity contribution in [3.63, 3.8) is 0 Å². The van der Waals surface area contributed by atoms with E-state index in [1.165, 1.54) is 15.5 Å². The number of hydrogen-bond donors (Lipinski definition) is 0. The van der Waals surface area contributed by atoms with Gasteiger partial charge in [0.15, 0.2) is 0 Å². The van der Waals surface area contributed by atoms with Crippen LogP contribution in [0.5, 0.6) is 0 Å². The summed E-state index contributed by atoms with van der Waals surface area (Å²) in [5.41, 5.74) is 1.95. The zero-order chi connectivity index (χ0) is 19.6. The molecule has 1 aromatic carbocycles. The van der Waals surface area contributed by atoms with Crippen LogP contribution in [0.25, 0.3) is 11.4 Å². The number of rotatable bonds is 5. The first kappa shape index (κ1) is 19.5. The largest absolute Gasteiger partial charge is 0.337 e. The highest BCUT2D eigenvalue weighted by Crippen LogP contribution is 2.22. The summed E-state index contributed by atoms with van der Waals surface area (Å²) >= 11 is 0. The third-order valence-electron chi connectivity index (χ3n) is 4.70. The lowest BCUT2D eigenvalue weighted by atomic mass is 9.98. The zero-order valence-electron chi connectivity index (χ0n) is 15.8. The second-order valence-electron chi connectivity index (χ2n) is 7.04. The fourth-order valence-electron chi connectivity index (χ4n) is 3.26. The van der Waals surface area contributed by atoms with Crippen LogP contribution in [0.1, 0.15) is 24.3 Å². The number of carbonyl (C=O) groups is 1. The molecule has 1 aliphatic rings. The smallest absolute Gasteiger partial charge is 0.246 e. The molecule has 0 saturated carbocycles. The molecule has 3 rings (SSSR count). The van der Waals surface area contributed by atoms with Gasteiger partial charge in [0.1, 0.15) is 0 Å². The molecule has 9 heteroatoms. The fraction of sp³-hybridized carbons (Fsp3) is 0.500. The molecule has 27 heavy (non-hydrogen) atoms.